The molecule has 0 aliphatic carbocycles. The van der Waals surface area contributed by atoms with Crippen molar-refractivity contribution in [2.45, 2.75) is 19.4 Å². The fraction of sp³-hybridized carbons (Fsp3) is 0.200. The van der Waals surface area contributed by atoms with Crippen molar-refractivity contribution in [3.8, 4) is 11.1 Å². The molecule has 1 aliphatic heterocycles. The molecule has 0 unspecified atom stereocenters. The average molecular weight is 400 g/mol. The van der Waals surface area contributed by atoms with E-state index in [0.29, 0.717) is 17.0 Å². The Labute approximate surface area is 164 Å². The third-order valence-electron chi connectivity index (χ3n) is 4.61. The second-order valence-electron chi connectivity index (χ2n) is 6.57. The minimum Gasteiger partial charge on any atom is -0.337 e. The smallest absolute Gasteiger partial charge is 0.254 e. The molecule has 6 nitrogen and oxygen atoms in total. The second-order valence-corrected chi connectivity index (χ2v) is 6.98. The molecule has 1 fully saturated rings. The molecule has 1 atom stereocenters. The summed E-state index contributed by atoms with van der Waals surface area (Å²) >= 11 is 6.10. The molecule has 1 aliphatic rings. The Bertz CT molecular complexity index is 1060. The first-order valence-corrected chi connectivity index (χ1v) is 8.98. The Balaban J connectivity index is 1.60. The topological polar surface area (TPSA) is 76.3 Å². The van der Waals surface area contributed by atoms with E-state index in [9.17, 15) is 14.0 Å². The number of benzene rings is 2. The van der Waals surface area contributed by atoms with Crippen molar-refractivity contribution in [2.75, 3.05) is 6.54 Å². The molecule has 1 amide bonds. The van der Waals surface area contributed by atoms with Gasteiger partial charge in [0, 0.05) is 17.5 Å². The largest absolute Gasteiger partial charge is 0.337 e. The Morgan fingerprint density at radius 2 is 2.00 bits per heavy atom. The molecule has 2 heterocycles. The maximum atomic E-state index is 13.2. The summed E-state index contributed by atoms with van der Waals surface area (Å²) in [5, 5.41) is 4.03. The lowest BCUT2D eigenvalue weighted by atomic mass is 10.0. The highest BCUT2D eigenvalue weighted by atomic mass is 35.5. The quantitative estimate of drug-likeness (QED) is 0.665. The van der Waals surface area contributed by atoms with Gasteiger partial charge >= 0.3 is 0 Å². The lowest BCUT2D eigenvalue weighted by Gasteiger charge is -2.21. The monoisotopic (exact) mass is 399 g/mol. The van der Waals surface area contributed by atoms with Crippen LogP contribution in [0.15, 0.2) is 47.0 Å². The van der Waals surface area contributed by atoms with Gasteiger partial charge in [0.1, 0.15) is 11.9 Å². The van der Waals surface area contributed by atoms with Gasteiger partial charge in [-0.05, 0) is 42.8 Å². The summed E-state index contributed by atoms with van der Waals surface area (Å²) in [6.07, 6.45) is 0.149. The Kier molecular flexibility index (Phi) is 4.68. The molecule has 0 radical (unpaired) electrons. The number of nitrogens with zero attached hydrogens (tertiary/aromatic N) is 3. The van der Waals surface area contributed by atoms with Crippen LogP contribution in [0.5, 0.6) is 0 Å². The summed E-state index contributed by atoms with van der Waals surface area (Å²) in [5.41, 5.74) is 1.83. The molecule has 1 aromatic heterocycles. The molecule has 8 heteroatoms. The maximum Gasteiger partial charge on any atom is 0.254 e. The van der Waals surface area contributed by atoms with Crippen molar-refractivity contribution in [2.24, 2.45) is 0 Å². The zero-order chi connectivity index (χ0) is 19.8. The summed E-state index contributed by atoms with van der Waals surface area (Å²) in [5.74, 6) is -0.0809. The van der Waals surface area contributed by atoms with Crippen LogP contribution in [0.2, 0.25) is 5.02 Å². The van der Waals surface area contributed by atoms with Gasteiger partial charge in [0.05, 0.1) is 11.6 Å². The number of ketones is 1. The summed E-state index contributed by atoms with van der Waals surface area (Å²) in [7, 11) is 0. The highest BCUT2D eigenvalue weighted by Crippen LogP contribution is 2.32. The number of amides is 1. The summed E-state index contributed by atoms with van der Waals surface area (Å²) in [4.78, 5) is 30.5. The molecule has 0 bridgehead atoms. The molecule has 0 spiro atoms. The number of aryl methyl sites for hydroxylation is 1. The van der Waals surface area contributed by atoms with Crippen molar-refractivity contribution in [1.82, 2.24) is 15.0 Å². The number of hydrogen-bond donors (Lipinski definition) is 0. The van der Waals surface area contributed by atoms with Crippen LogP contribution in [0.25, 0.3) is 11.1 Å². The predicted octanol–water partition coefficient (Wildman–Crippen LogP) is 3.99. The molecular formula is C20H15ClFN3O3. The molecule has 28 heavy (non-hydrogen) atoms. The number of halogens is 2. The molecule has 2 aromatic carbocycles. The van der Waals surface area contributed by atoms with Gasteiger partial charge in [-0.3, -0.25) is 9.59 Å². The molecule has 0 saturated carbocycles. The SMILES string of the molecule is Cc1noc([C@@H]2CC(=O)CN2C(=O)c2ccc(-c3ccc(F)cc3Cl)cc2)n1. The Hall–Kier alpha value is -3.06. The van der Waals surface area contributed by atoms with Crippen molar-refractivity contribution < 1.29 is 18.5 Å². The fourth-order valence-corrected chi connectivity index (χ4v) is 3.53. The van der Waals surface area contributed by atoms with E-state index >= 15 is 0 Å². The number of likely N-dealkylation sites (tertiary alicyclic amines) is 1. The highest BCUT2D eigenvalue weighted by Gasteiger charge is 2.38. The number of rotatable bonds is 3. The highest BCUT2D eigenvalue weighted by molar-refractivity contribution is 6.33. The fourth-order valence-electron chi connectivity index (χ4n) is 3.25. The van der Waals surface area contributed by atoms with E-state index in [1.807, 2.05) is 0 Å². The zero-order valence-corrected chi connectivity index (χ0v) is 15.6. The average Bonchev–Trinajstić information content (AvgIpc) is 3.27. The summed E-state index contributed by atoms with van der Waals surface area (Å²) < 4.78 is 18.4. The van der Waals surface area contributed by atoms with Crippen LogP contribution in [0, 0.1) is 12.7 Å². The van der Waals surface area contributed by atoms with Gasteiger partial charge in [0.15, 0.2) is 11.6 Å². The molecular weight excluding hydrogens is 385 g/mol. The lowest BCUT2D eigenvalue weighted by molar-refractivity contribution is -0.116. The van der Waals surface area contributed by atoms with Gasteiger partial charge in [-0.15, -0.1) is 0 Å². The van der Waals surface area contributed by atoms with Gasteiger partial charge in [0.25, 0.3) is 5.91 Å². The van der Waals surface area contributed by atoms with Gasteiger partial charge < -0.3 is 9.42 Å². The van der Waals surface area contributed by atoms with E-state index < -0.39 is 11.9 Å². The molecule has 3 aromatic rings. The standard InChI is InChI=1S/C20H15ClFN3O3/c1-11-23-19(28-24-11)18-9-15(26)10-25(18)20(27)13-4-2-12(3-5-13)16-7-6-14(22)8-17(16)21/h2-8,18H,9-10H2,1H3/t18-/m0/s1. The van der Waals surface area contributed by atoms with Crippen LogP contribution in [0.3, 0.4) is 0 Å². The number of carbonyl (C=O) groups is 2. The number of aromatic nitrogens is 2. The van der Waals surface area contributed by atoms with Gasteiger partial charge in [-0.25, -0.2) is 4.39 Å². The molecule has 1 saturated heterocycles. The number of Topliss-reactive ketones (excluding diaryl/α,β-unsaturated/α-hetero) is 1. The van der Waals surface area contributed by atoms with Crippen molar-refractivity contribution in [3.05, 3.63) is 70.6 Å². The number of hydrogen-bond acceptors (Lipinski definition) is 5. The van der Waals surface area contributed by atoms with E-state index in [1.165, 1.54) is 17.0 Å². The van der Waals surface area contributed by atoms with Crippen molar-refractivity contribution >= 4 is 23.3 Å². The van der Waals surface area contributed by atoms with Crippen molar-refractivity contribution in [3.63, 3.8) is 0 Å². The first-order chi connectivity index (χ1) is 13.4. The van der Waals surface area contributed by atoms with E-state index in [2.05, 4.69) is 10.1 Å². The van der Waals surface area contributed by atoms with Crippen LogP contribution >= 0.6 is 11.6 Å². The second kappa shape index (κ2) is 7.16. The Morgan fingerprint density at radius 3 is 2.64 bits per heavy atom. The first-order valence-electron chi connectivity index (χ1n) is 8.61. The van der Waals surface area contributed by atoms with E-state index in [4.69, 9.17) is 16.1 Å². The van der Waals surface area contributed by atoms with E-state index in [-0.39, 0.29) is 35.6 Å². The van der Waals surface area contributed by atoms with Crippen LogP contribution in [0.1, 0.15) is 34.5 Å². The predicted molar refractivity (Wildman–Crippen MR) is 99.3 cm³/mol. The van der Waals surface area contributed by atoms with E-state index in [0.717, 1.165) is 5.56 Å². The lowest BCUT2D eigenvalue weighted by Crippen LogP contribution is -2.31. The zero-order valence-electron chi connectivity index (χ0n) is 14.9. The van der Waals surface area contributed by atoms with Crippen LogP contribution in [0.4, 0.5) is 4.39 Å². The minimum atomic E-state index is -0.563. The summed E-state index contributed by atoms with van der Waals surface area (Å²) in [6, 6.07) is 10.4. The van der Waals surface area contributed by atoms with E-state index in [1.54, 1.807) is 37.3 Å². The van der Waals surface area contributed by atoms with Crippen LogP contribution in [-0.2, 0) is 4.79 Å². The third-order valence-corrected chi connectivity index (χ3v) is 4.92. The van der Waals surface area contributed by atoms with Gasteiger partial charge in [-0.2, -0.15) is 4.98 Å². The third kappa shape index (κ3) is 3.41. The molecule has 142 valence electrons. The van der Waals surface area contributed by atoms with Crippen LogP contribution in [-0.4, -0.2) is 33.3 Å². The van der Waals surface area contributed by atoms with Crippen molar-refractivity contribution in [1.29, 1.82) is 0 Å². The summed E-state index contributed by atoms with van der Waals surface area (Å²) in [6.45, 7) is 1.67. The molecule has 4 rings (SSSR count). The number of carbonyl (C=O) groups excluding carboxylic acids is 2. The normalized spacial score (nSPS) is 16.6. The van der Waals surface area contributed by atoms with Gasteiger partial charge in [0.2, 0.25) is 5.89 Å². The van der Waals surface area contributed by atoms with Crippen LogP contribution < -0.4 is 0 Å². The Morgan fingerprint density at radius 1 is 1.25 bits per heavy atom. The van der Waals surface area contributed by atoms with Gasteiger partial charge in [-0.1, -0.05) is 28.9 Å². The maximum absolute atomic E-state index is 13.2. The first kappa shape index (κ1) is 18.3. The minimum absolute atomic E-state index is 0.00350. The molecule has 0 N–H and O–H groups in total.